The molecule has 19 heavy (non-hydrogen) atoms. The Morgan fingerprint density at radius 1 is 1.32 bits per heavy atom. The molecule has 0 atom stereocenters. The largest absolute Gasteiger partial charge is 0.494 e. The number of carboxylic acids is 1. The highest BCUT2D eigenvalue weighted by Gasteiger charge is 2.20. The van der Waals surface area contributed by atoms with E-state index in [1.54, 1.807) is 0 Å². The fraction of sp³-hybridized carbons (Fsp3) is 0.417. The van der Waals surface area contributed by atoms with Gasteiger partial charge in [-0.15, -0.1) is 0 Å². The monoisotopic (exact) mass is 287 g/mol. The maximum Gasteiger partial charge on any atom is 0.320 e. The molecule has 0 aliphatic rings. The highest BCUT2D eigenvalue weighted by molar-refractivity contribution is 7.89. The van der Waals surface area contributed by atoms with E-state index in [0.29, 0.717) is 13.0 Å². The van der Waals surface area contributed by atoms with Crippen LogP contribution in [0.5, 0.6) is 5.75 Å². The van der Waals surface area contributed by atoms with Crippen molar-refractivity contribution in [3.05, 3.63) is 30.3 Å². The summed E-state index contributed by atoms with van der Waals surface area (Å²) in [6.45, 7) is 0.597. The third kappa shape index (κ3) is 5.71. The molecule has 1 aromatic carbocycles. The Labute approximate surface area is 112 Å². The van der Waals surface area contributed by atoms with Gasteiger partial charge in [-0.05, 0) is 18.6 Å². The van der Waals surface area contributed by atoms with Gasteiger partial charge in [-0.3, -0.25) is 4.79 Å². The Bertz CT molecular complexity index is 500. The minimum Gasteiger partial charge on any atom is -0.494 e. The Morgan fingerprint density at radius 3 is 2.53 bits per heavy atom. The Kier molecular flexibility index (Phi) is 5.78. The summed E-state index contributed by atoms with van der Waals surface area (Å²) >= 11 is 0. The van der Waals surface area contributed by atoms with Crippen molar-refractivity contribution in [3.63, 3.8) is 0 Å². The van der Waals surface area contributed by atoms with Gasteiger partial charge in [0, 0.05) is 13.6 Å². The van der Waals surface area contributed by atoms with Crippen LogP contribution in [0.2, 0.25) is 0 Å². The van der Waals surface area contributed by atoms with Crippen molar-refractivity contribution in [1.82, 2.24) is 4.31 Å². The van der Waals surface area contributed by atoms with Gasteiger partial charge in [-0.1, -0.05) is 18.2 Å². The number of aliphatic carboxylic acids is 1. The van der Waals surface area contributed by atoms with Crippen LogP contribution in [-0.2, 0) is 14.8 Å². The molecule has 7 heteroatoms. The molecule has 0 fully saturated rings. The summed E-state index contributed by atoms with van der Waals surface area (Å²) in [5.41, 5.74) is 0. The van der Waals surface area contributed by atoms with E-state index < -0.39 is 21.7 Å². The summed E-state index contributed by atoms with van der Waals surface area (Å²) in [6.07, 6.45) is 0.490. The van der Waals surface area contributed by atoms with Gasteiger partial charge in [0.05, 0.1) is 6.61 Å². The number of rotatable bonds is 8. The molecular weight excluding hydrogens is 270 g/mol. The molecule has 0 aliphatic heterocycles. The molecule has 0 aromatic heterocycles. The topological polar surface area (TPSA) is 83.9 Å². The first-order valence-electron chi connectivity index (χ1n) is 5.75. The van der Waals surface area contributed by atoms with Crippen LogP contribution >= 0.6 is 0 Å². The van der Waals surface area contributed by atoms with E-state index in [1.165, 1.54) is 7.05 Å². The molecule has 0 spiro atoms. The van der Waals surface area contributed by atoms with E-state index in [2.05, 4.69) is 0 Å². The predicted molar refractivity (Wildman–Crippen MR) is 70.6 cm³/mol. The lowest BCUT2D eigenvalue weighted by atomic mass is 10.3. The Hall–Kier alpha value is -1.60. The predicted octanol–water partition coefficient (Wildman–Crippen LogP) is 0.802. The van der Waals surface area contributed by atoms with E-state index in [1.807, 2.05) is 30.3 Å². The maximum atomic E-state index is 11.5. The van der Waals surface area contributed by atoms with Gasteiger partial charge in [0.2, 0.25) is 10.0 Å². The van der Waals surface area contributed by atoms with Crippen molar-refractivity contribution in [1.29, 1.82) is 0 Å². The quantitative estimate of drug-likeness (QED) is 0.715. The molecule has 0 saturated heterocycles. The standard InChI is InChI=1S/C12H17NO5S/c1-13(19(16,17)10-12(14)15)8-5-9-18-11-6-3-2-4-7-11/h2-4,6-7H,5,8-10H2,1H3,(H,14,15). The van der Waals surface area contributed by atoms with Crippen LogP contribution in [-0.4, -0.2) is 49.8 Å². The van der Waals surface area contributed by atoms with Gasteiger partial charge in [-0.2, -0.15) is 0 Å². The number of carbonyl (C=O) groups is 1. The summed E-state index contributed by atoms with van der Waals surface area (Å²) in [5, 5.41) is 8.49. The molecule has 1 N–H and O–H groups in total. The van der Waals surface area contributed by atoms with Crippen LogP contribution in [0.3, 0.4) is 0 Å². The van der Waals surface area contributed by atoms with Crippen molar-refractivity contribution in [2.24, 2.45) is 0 Å². The zero-order valence-electron chi connectivity index (χ0n) is 10.7. The fourth-order valence-corrected chi connectivity index (χ4v) is 2.34. The SMILES string of the molecule is CN(CCCOc1ccccc1)S(=O)(=O)CC(=O)O. The van der Waals surface area contributed by atoms with Crippen molar-refractivity contribution in [2.75, 3.05) is 26.0 Å². The average Bonchev–Trinajstić information content (AvgIpc) is 2.34. The number of hydrogen-bond acceptors (Lipinski definition) is 4. The van der Waals surface area contributed by atoms with Gasteiger partial charge in [0.1, 0.15) is 5.75 Å². The average molecular weight is 287 g/mol. The molecule has 0 unspecified atom stereocenters. The van der Waals surface area contributed by atoms with Crippen molar-refractivity contribution >= 4 is 16.0 Å². The molecule has 6 nitrogen and oxygen atoms in total. The van der Waals surface area contributed by atoms with E-state index in [9.17, 15) is 13.2 Å². The zero-order valence-corrected chi connectivity index (χ0v) is 11.5. The molecule has 0 saturated carbocycles. The highest BCUT2D eigenvalue weighted by Crippen LogP contribution is 2.08. The number of hydrogen-bond donors (Lipinski definition) is 1. The van der Waals surface area contributed by atoms with Crippen molar-refractivity contribution in [3.8, 4) is 5.75 Å². The van der Waals surface area contributed by atoms with Crippen LogP contribution in [0.15, 0.2) is 30.3 Å². The van der Waals surface area contributed by atoms with Crippen molar-refractivity contribution < 1.29 is 23.1 Å². The second kappa shape index (κ2) is 7.10. The molecule has 0 heterocycles. The molecule has 106 valence electrons. The normalized spacial score (nSPS) is 11.5. The summed E-state index contributed by atoms with van der Waals surface area (Å²) in [7, 11) is -2.36. The van der Waals surface area contributed by atoms with Crippen LogP contribution in [0.25, 0.3) is 0 Å². The third-order valence-electron chi connectivity index (χ3n) is 2.41. The van der Waals surface area contributed by atoms with Crippen LogP contribution in [0, 0.1) is 0 Å². The molecule has 1 aromatic rings. The molecule has 0 radical (unpaired) electrons. The summed E-state index contributed by atoms with van der Waals surface area (Å²) < 4.78 is 29.5. The lowest BCUT2D eigenvalue weighted by Gasteiger charge is -2.15. The second-order valence-corrected chi connectivity index (χ2v) is 6.06. The number of para-hydroxylation sites is 1. The van der Waals surface area contributed by atoms with Crippen LogP contribution < -0.4 is 4.74 Å². The van der Waals surface area contributed by atoms with E-state index in [-0.39, 0.29) is 6.54 Å². The first-order chi connectivity index (χ1) is 8.92. The summed E-state index contributed by atoms with van der Waals surface area (Å²) in [5.74, 6) is -1.52. The highest BCUT2D eigenvalue weighted by atomic mass is 32.2. The smallest absolute Gasteiger partial charge is 0.320 e. The Balaban J connectivity index is 2.31. The van der Waals surface area contributed by atoms with E-state index in [4.69, 9.17) is 9.84 Å². The van der Waals surface area contributed by atoms with Gasteiger partial charge < -0.3 is 9.84 Å². The molecule has 0 aliphatic carbocycles. The molecule has 1 rings (SSSR count). The number of sulfonamides is 1. The number of carboxylic acid groups (broad SMARTS) is 1. The lowest BCUT2D eigenvalue weighted by molar-refractivity contribution is -0.134. The molecule has 0 bridgehead atoms. The molecular formula is C12H17NO5S. The fourth-order valence-electron chi connectivity index (χ4n) is 1.40. The zero-order chi connectivity index (χ0) is 14.3. The third-order valence-corrected chi connectivity index (χ3v) is 4.15. The number of nitrogens with zero attached hydrogens (tertiary/aromatic N) is 1. The van der Waals surface area contributed by atoms with Crippen LogP contribution in [0.1, 0.15) is 6.42 Å². The van der Waals surface area contributed by atoms with Gasteiger partial charge in [0.25, 0.3) is 0 Å². The first kappa shape index (κ1) is 15.5. The van der Waals surface area contributed by atoms with Gasteiger partial charge in [-0.25, -0.2) is 12.7 Å². The van der Waals surface area contributed by atoms with Crippen LogP contribution in [0.4, 0.5) is 0 Å². The van der Waals surface area contributed by atoms with E-state index in [0.717, 1.165) is 10.1 Å². The summed E-state index contributed by atoms with van der Waals surface area (Å²) in [6, 6.07) is 9.19. The van der Waals surface area contributed by atoms with Crippen molar-refractivity contribution in [2.45, 2.75) is 6.42 Å². The van der Waals surface area contributed by atoms with Gasteiger partial charge >= 0.3 is 5.97 Å². The minimum absolute atomic E-state index is 0.225. The minimum atomic E-state index is -3.73. The Morgan fingerprint density at radius 2 is 1.95 bits per heavy atom. The lowest BCUT2D eigenvalue weighted by Crippen LogP contribution is -2.33. The summed E-state index contributed by atoms with van der Waals surface area (Å²) in [4.78, 5) is 10.4. The van der Waals surface area contributed by atoms with E-state index >= 15 is 0 Å². The van der Waals surface area contributed by atoms with Gasteiger partial charge in [0.15, 0.2) is 5.75 Å². The first-order valence-corrected chi connectivity index (χ1v) is 7.36. The number of benzene rings is 1. The second-order valence-electron chi connectivity index (χ2n) is 3.99. The molecule has 0 amide bonds. The number of ether oxygens (including phenoxy) is 1. The maximum absolute atomic E-state index is 11.5.